The number of para-hydroxylation sites is 2. The van der Waals surface area contributed by atoms with Crippen molar-refractivity contribution >= 4 is 11.4 Å². The summed E-state index contributed by atoms with van der Waals surface area (Å²) in [5, 5.41) is 16.8. The number of aliphatic hydroxyl groups excluding tert-OH is 1. The predicted molar refractivity (Wildman–Crippen MR) is 87.7 cm³/mol. The van der Waals surface area contributed by atoms with E-state index in [0.29, 0.717) is 0 Å². The van der Waals surface area contributed by atoms with Crippen LogP contribution in [-0.4, -0.2) is 11.7 Å². The highest BCUT2D eigenvalue weighted by Crippen LogP contribution is 2.28. The van der Waals surface area contributed by atoms with E-state index >= 15 is 0 Å². The van der Waals surface area contributed by atoms with E-state index in [1.165, 1.54) is 23.2 Å². The maximum absolute atomic E-state index is 9.84. The maximum Gasteiger partial charge on any atom is 0.0781 e. The number of benzene rings is 2. The molecular formula is C18H22N2O. The lowest BCUT2D eigenvalue weighted by molar-refractivity contribution is 0.200. The number of aryl methyl sites for hydroxylation is 1. The lowest BCUT2D eigenvalue weighted by atomic mass is 9.99. The Morgan fingerprint density at radius 3 is 2.90 bits per heavy atom. The summed E-state index contributed by atoms with van der Waals surface area (Å²) in [6, 6.07) is 14.4. The Morgan fingerprint density at radius 1 is 1.19 bits per heavy atom. The molecule has 0 spiro atoms. The molecule has 0 aliphatic carbocycles. The summed E-state index contributed by atoms with van der Waals surface area (Å²) in [7, 11) is 0. The van der Waals surface area contributed by atoms with Crippen molar-refractivity contribution in [2.24, 2.45) is 0 Å². The molecule has 0 aromatic heterocycles. The van der Waals surface area contributed by atoms with Gasteiger partial charge >= 0.3 is 0 Å². The molecule has 1 aliphatic heterocycles. The maximum atomic E-state index is 9.84. The molecule has 3 N–H and O–H groups in total. The van der Waals surface area contributed by atoms with Crippen molar-refractivity contribution in [3.05, 3.63) is 59.2 Å². The third kappa shape index (κ3) is 3.03. The lowest BCUT2D eigenvalue weighted by Gasteiger charge is -2.22. The molecule has 0 saturated carbocycles. The van der Waals surface area contributed by atoms with Gasteiger partial charge in [-0.1, -0.05) is 36.4 Å². The normalized spacial score (nSPS) is 15.0. The highest BCUT2D eigenvalue weighted by atomic mass is 16.3. The van der Waals surface area contributed by atoms with Crippen LogP contribution in [-0.2, 0) is 13.0 Å². The summed E-state index contributed by atoms with van der Waals surface area (Å²) in [5.74, 6) is 0. The van der Waals surface area contributed by atoms with Crippen molar-refractivity contribution in [2.45, 2.75) is 32.4 Å². The summed E-state index contributed by atoms with van der Waals surface area (Å²) in [6.45, 7) is 3.61. The minimum Gasteiger partial charge on any atom is -0.389 e. The van der Waals surface area contributed by atoms with Gasteiger partial charge in [-0.2, -0.15) is 0 Å². The molecule has 21 heavy (non-hydrogen) atoms. The monoisotopic (exact) mass is 282 g/mol. The second-order valence-electron chi connectivity index (χ2n) is 5.60. The van der Waals surface area contributed by atoms with E-state index in [2.05, 4.69) is 28.8 Å². The van der Waals surface area contributed by atoms with Gasteiger partial charge in [0.15, 0.2) is 0 Å². The van der Waals surface area contributed by atoms with Gasteiger partial charge in [0.1, 0.15) is 0 Å². The molecule has 3 heteroatoms. The summed E-state index contributed by atoms with van der Waals surface area (Å²) >= 11 is 0. The second kappa shape index (κ2) is 6.19. The quantitative estimate of drug-likeness (QED) is 0.801. The van der Waals surface area contributed by atoms with Crippen LogP contribution < -0.4 is 10.6 Å². The van der Waals surface area contributed by atoms with E-state index in [-0.39, 0.29) is 0 Å². The fourth-order valence-electron chi connectivity index (χ4n) is 2.94. The van der Waals surface area contributed by atoms with Gasteiger partial charge in [0.05, 0.1) is 6.10 Å². The summed E-state index contributed by atoms with van der Waals surface area (Å²) < 4.78 is 0. The van der Waals surface area contributed by atoms with Crippen molar-refractivity contribution in [1.82, 2.24) is 0 Å². The fraction of sp³-hybridized carbons (Fsp3) is 0.333. The Labute approximate surface area is 126 Å². The zero-order valence-corrected chi connectivity index (χ0v) is 12.4. The van der Waals surface area contributed by atoms with Crippen LogP contribution in [0, 0.1) is 0 Å². The van der Waals surface area contributed by atoms with E-state index in [1.807, 2.05) is 24.3 Å². The zero-order valence-electron chi connectivity index (χ0n) is 12.4. The molecular weight excluding hydrogens is 260 g/mol. The van der Waals surface area contributed by atoms with Crippen LogP contribution in [0.1, 0.15) is 36.1 Å². The van der Waals surface area contributed by atoms with Crippen LogP contribution in [0.4, 0.5) is 11.4 Å². The minimum absolute atomic E-state index is 0.462. The molecule has 1 atom stereocenters. The molecule has 1 unspecified atom stereocenters. The first kappa shape index (κ1) is 14.0. The molecule has 1 aliphatic rings. The summed E-state index contributed by atoms with van der Waals surface area (Å²) in [4.78, 5) is 0. The number of rotatable bonds is 4. The largest absolute Gasteiger partial charge is 0.389 e. The number of aliphatic hydroxyl groups is 1. The summed E-state index contributed by atoms with van der Waals surface area (Å²) in [5.41, 5.74) is 5.92. The van der Waals surface area contributed by atoms with Gasteiger partial charge in [-0.05, 0) is 37.0 Å². The van der Waals surface area contributed by atoms with E-state index in [9.17, 15) is 5.11 Å². The molecule has 0 saturated heterocycles. The van der Waals surface area contributed by atoms with E-state index in [0.717, 1.165) is 30.8 Å². The molecule has 2 aromatic carbocycles. The average Bonchev–Trinajstić information content (AvgIpc) is 2.53. The highest BCUT2D eigenvalue weighted by molar-refractivity contribution is 5.61. The van der Waals surface area contributed by atoms with Crippen molar-refractivity contribution in [2.75, 3.05) is 17.2 Å². The number of hydrogen-bond donors (Lipinski definition) is 3. The number of fused-ring (bicyclic) bond motifs is 1. The van der Waals surface area contributed by atoms with E-state index in [1.54, 1.807) is 6.92 Å². The predicted octanol–water partition coefficient (Wildman–Crippen LogP) is 3.71. The molecule has 2 aromatic rings. The van der Waals surface area contributed by atoms with Crippen LogP contribution in [0.2, 0.25) is 0 Å². The number of nitrogens with one attached hydrogen (secondary N) is 2. The Kier molecular flexibility index (Phi) is 4.11. The Bertz CT molecular complexity index is 622. The molecule has 0 fully saturated rings. The van der Waals surface area contributed by atoms with Crippen molar-refractivity contribution < 1.29 is 5.11 Å². The van der Waals surface area contributed by atoms with Gasteiger partial charge in [-0.25, -0.2) is 0 Å². The van der Waals surface area contributed by atoms with Crippen LogP contribution >= 0.6 is 0 Å². The number of hydrogen-bond acceptors (Lipinski definition) is 3. The molecule has 0 bridgehead atoms. The van der Waals surface area contributed by atoms with Crippen LogP contribution in [0.15, 0.2) is 42.5 Å². The van der Waals surface area contributed by atoms with Crippen molar-refractivity contribution in [3.8, 4) is 0 Å². The first-order chi connectivity index (χ1) is 10.3. The Morgan fingerprint density at radius 2 is 2.05 bits per heavy atom. The van der Waals surface area contributed by atoms with Crippen molar-refractivity contribution in [3.63, 3.8) is 0 Å². The molecule has 0 radical (unpaired) electrons. The third-order valence-corrected chi connectivity index (χ3v) is 4.04. The minimum atomic E-state index is -0.462. The number of anilines is 2. The molecule has 3 nitrogen and oxygen atoms in total. The second-order valence-corrected chi connectivity index (χ2v) is 5.60. The standard InChI is InChI=1S/C18H22N2O/c1-13(21)16-9-2-3-10-17(16)20-12-15-7-4-6-14-8-5-11-19-18(14)15/h2-4,6-7,9-10,13,19-21H,5,8,11-12H2,1H3. The molecule has 0 amide bonds. The third-order valence-electron chi connectivity index (χ3n) is 4.04. The van der Waals surface area contributed by atoms with Crippen LogP contribution in [0.5, 0.6) is 0 Å². The first-order valence-corrected chi connectivity index (χ1v) is 7.61. The van der Waals surface area contributed by atoms with E-state index < -0.39 is 6.10 Å². The first-order valence-electron chi connectivity index (χ1n) is 7.61. The van der Waals surface area contributed by atoms with Gasteiger partial charge in [-0.3, -0.25) is 0 Å². The van der Waals surface area contributed by atoms with Crippen molar-refractivity contribution in [1.29, 1.82) is 0 Å². The van der Waals surface area contributed by atoms with Gasteiger partial charge in [0.25, 0.3) is 0 Å². The SMILES string of the molecule is CC(O)c1ccccc1NCc1cccc2c1NCCC2. The fourth-order valence-corrected chi connectivity index (χ4v) is 2.94. The Hall–Kier alpha value is -2.00. The molecule has 110 valence electrons. The Balaban J connectivity index is 1.80. The van der Waals surface area contributed by atoms with Gasteiger partial charge in [-0.15, -0.1) is 0 Å². The topological polar surface area (TPSA) is 44.3 Å². The van der Waals surface area contributed by atoms with E-state index in [4.69, 9.17) is 0 Å². The average molecular weight is 282 g/mol. The lowest BCUT2D eigenvalue weighted by Crippen LogP contribution is -2.15. The highest BCUT2D eigenvalue weighted by Gasteiger charge is 2.13. The van der Waals surface area contributed by atoms with Gasteiger partial charge < -0.3 is 15.7 Å². The van der Waals surface area contributed by atoms with Gasteiger partial charge in [0, 0.05) is 30.0 Å². The molecule has 1 heterocycles. The van der Waals surface area contributed by atoms with Crippen LogP contribution in [0.25, 0.3) is 0 Å². The smallest absolute Gasteiger partial charge is 0.0781 e. The van der Waals surface area contributed by atoms with Crippen LogP contribution in [0.3, 0.4) is 0 Å². The van der Waals surface area contributed by atoms with Gasteiger partial charge in [0.2, 0.25) is 0 Å². The zero-order chi connectivity index (χ0) is 14.7. The molecule has 3 rings (SSSR count). The summed E-state index contributed by atoms with van der Waals surface area (Å²) in [6.07, 6.45) is 1.89.